The maximum atomic E-state index is 13.3. The predicted octanol–water partition coefficient (Wildman–Crippen LogP) is 1.63. The normalized spacial score (nSPS) is 15.8. The molecule has 0 radical (unpaired) electrons. The minimum absolute atomic E-state index is 0.111. The second kappa shape index (κ2) is 7.41. The number of likely N-dealkylation sites (N-methyl/N-ethyl adjacent to an activating group) is 1. The Kier molecular flexibility index (Phi) is 5.52. The van der Waals surface area contributed by atoms with Crippen LogP contribution in [-0.4, -0.2) is 42.9 Å². The molecule has 0 saturated heterocycles. The average molecular weight is 332 g/mol. The number of hydrogen-bond donors (Lipinski definition) is 2. The number of anilines is 1. The van der Waals surface area contributed by atoms with Gasteiger partial charge in [0, 0.05) is 17.8 Å². The van der Waals surface area contributed by atoms with Gasteiger partial charge in [0.2, 0.25) is 0 Å². The fraction of sp³-hybridized carbons (Fsp3) is 0.471. The first-order valence-electron chi connectivity index (χ1n) is 7.84. The van der Waals surface area contributed by atoms with Crippen LogP contribution in [0.25, 0.3) is 0 Å². The van der Waals surface area contributed by atoms with Gasteiger partial charge in [0.1, 0.15) is 11.9 Å². The molecule has 6 nitrogen and oxygen atoms in total. The summed E-state index contributed by atoms with van der Waals surface area (Å²) in [6.07, 6.45) is 4.16. The molecule has 0 aliphatic heterocycles. The van der Waals surface area contributed by atoms with E-state index in [-0.39, 0.29) is 16.8 Å². The lowest BCUT2D eigenvalue weighted by Crippen LogP contribution is -2.52. The molecule has 1 saturated carbocycles. The number of hydrogen-bond acceptors (Lipinski definition) is 4. The van der Waals surface area contributed by atoms with Gasteiger partial charge in [-0.05, 0) is 45.1 Å². The summed E-state index contributed by atoms with van der Waals surface area (Å²) in [4.78, 5) is 26.1. The summed E-state index contributed by atoms with van der Waals surface area (Å²) in [5.74, 6) is -2.25. The van der Waals surface area contributed by atoms with Gasteiger partial charge in [0.25, 0.3) is 0 Å². The summed E-state index contributed by atoms with van der Waals surface area (Å²) in [6, 6.07) is 5.26. The molecule has 128 valence electrons. The third-order valence-corrected chi connectivity index (χ3v) is 4.61. The van der Waals surface area contributed by atoms with Crippen molar-refractivity contribution < 1.29 is 14.0 Å². The number of nitriles is 1. The van der Waals surface area contributed by atoms with Crippen molar-refractivity contribution >= 4 is 17.5 Å². The molecule has 24 heavy (non-hydrogen) atoms. The van der Waals surface area contributed by atoms with E-state index in [0.717, 1.165) is 31.7 Å². The summed E-state index contributed by atoms with van der Waals surface area (Å²) in [7, 11) is 3.94. The van der Waals surface area contributed by atoms with Gasteiger partial charge < -0.3 is 15.5 Å². The van der Waals surface area contributed by atoms with Crippen LogP contribution < -0.4 is 10.6 Å². The highest BCUT2D eigenvalue weighted by molar-refractivity contribution is 6.39. The third-order valence-electron chi connectivity index (χ3n) is 4.61. The SMILES string of the molecule is CN(C)C1(CNC(=O)C(=O)Nc2ccc(F)c(C#N)c2)CCCC1. The van der Waals surface area contributed by atoms with E-state index in [4.69, 9.17) is 5.26 Å². The quantitative estimate of drug-likeness (QED) is 0.821. The minimum atomic E-state index is -0.836. The van der Waals surface area contributed by atoms with Crippen LogP contribution in [0.15, 0.2) is 18.2 Å². The minimum Gasteiger partial charge on any atom is -0.346 e. The molecule has 1 fully saturated rings. The molecule has 0 atom stereocenters. The van der Waals surface area contributed by atoms with Gasteiger partial charge in [-0.1, -0.05) is 12.8 Å². The van der Waals surface area contributed by atoms with E-state index in [1.54, 1.807) is 6.07 Å². The number of nitrogens with zero attached hydrogens (tertiary/aromatic N) is 2. The van der Waals surface area contributed by atoms with Crippen LogP contribution >= 0.6 is 0 Å². The average Bonchev–Trinajstić information content (AvgIpc) is 3.04. The van der Waals surface area contributed by atoms with Gasteiger partial charge in [-0.3, -0.25) is 9.59 Å². The molecule has 0 aromatic heterocycles. The Morgan fingerprint density at radius 1 is 1.29 bits per heavy atom. The predicted molar refractivity (Wildman–Crippen MR) is 87.6 cm³/mol. The van der Waals surface area contributed by atoms with Crippen LogP contribution in [0, 0.1) is 17.1 Å². The molecule has 1 aromatic rings. The summed E-state index contributed by atoms with van der Waals surface area (Å²) < 4.78 is 13.3. The van der Waals surface area contributed by atoms with Gasteiger partial charge in [-0.15, -0.1) is 0 Å². The first-order chi connectivity index (χ1) is 11.4. The standard InChI is InChI=1S/C17H21FN4O2/c1-22(2)17(7-3-4-8-17)11-20-15(23)16(24)21-13-5-6-14(18)12(9-13)10-19/h5-6,9H,3-4,7-8,11H2,1-2H3,(H,20,23)(H,21,24). The van der Waals surface area contributed by atoms with Crippen molar-refractivity contribution in [2.45, 2.75) is 31.2 Å². The lowest BCUT2D eigenvalue weighted by atomic mass is 9.96. The molecule has 7 heteroatoms. The topological polar surface area (TPSA) is 85.2 Å². The number of carbonyl (C=O) groups is 2. The molecule has 1 aliphatic rings. The van der Waals surface area contributed by atoms with Gasteiger partial charge in [-0.25, -0.2) is 4.39 Å². The van der Waals surface area contributed by atoms with E-state index >= 15 is 0 Å². The van der Waals surface area contributed by atoms with E-state index in [1.165, 1.54) is 12.1 Å². The van der Waals surface area contributed by atoms with Crippen LogP contribution in [0.4, 0.5) is 10.1 Å². The van der Waals surface area contributed by atoms with E-state index in [2.05, 4.69) is 15.5 Å². The second-order valence-electron chi connectivity index (χ2n) is 6.27. The van der Waals surface area contributed by atoms with E-state index in [1.807, 2.05) is 14.1 Å². The fourth-order valence-electron chi connectivity index (χ4n) is 3.02. The number of amides is 2. The van der Waals surface area contributed by atoms with Crippen molar-refractivity contribution in [2.75, 3.05) is 26.0 Å². The highest BCUT2D eigenvalue weighted by Gasteiger charge is 2.36. The van der Waals surface area contributed by atoms with Gasteiger partial charge in [0.15, 0.2) is 0 Å². The smallest absolute Gasteiger partial charge is 0.313 e. The molecule has 0 heterocycles. The highest BCUT2D eigenvalue weighted by Crippen LogP contribution is 2.33. The van der Waals surface area contributed by atoms with Crippen LogP contribution in [0.3, 0.4) is 0 Å². The summed E-state index contributed by atoms with van der Waals surface area (Å²) in [6.45, 7) is 0.402. The fourth-order valence-corrected chi connectivity index (χ4v) is 3.02. The molecule has 1 aromatic carbocycles. The summed E-state index contributed by atoms with van der Waals surface area (Å²) in [5, 5.41) is 13.8. The monoisotopic (exact) mass is 332 g/mol. The molecule has 0 bridgehead atoms. The number of nitrogens with one attached hydrogen (secondary N) is 2. The van der Waals surface area contributed by atoms with Crippen molar-refractivity contribution in [3.05, 3.63) is 29.6 Å². The number of carbonyl (C=O) groups excluding carboxylic acids is 2. The van der Waals surface area contributed by atoms with E-state index in [0.29, 0.717) is 6.54 Å². The molecule has 2 N–H and O–H groups in total. The zero-order chi connectivity index (χ0) is 17.7. The number of benzene rings is 1. The molecule has 2 rings (SSSR count). The van der Waals surface area contributed by atoms with Gasteiger partial charge in [0.05, 0.1) is 5.56 Å². The van der Waals surface area contributed by atoms with Gasteiger partial charge >= 0.3 is 11.8 Å². The Balaban J connectivity index is 1.95. The van der Waals surface area contributed by atoms with Crippen LogP contribution in [0.2, 0.25) is 0 Å². The maximum Gasteiger partial charge on any atom is 0.313 e. The number of rotatable bonds is 4. The van der Waals surface area contributed by atoms with Crippen LogP contribution in [-0.2, 0) is 9.59 Å². The summed E-state index contributed by atoms with van der Waals surface area (Å²) >= 11 is 0. The zero-order valence-corrected chi connectivity index (χ0v) is 13.9. The Hall–Kier alpha value is -2.46. The maximum absolute atomic E-state index is 13.3. The lowest BCUT2D eigenvalue weighted by molar-refractivity contribution is -0.136. The van der Waals surface area contributed by atoms with Crippen molar-refractivity contribution in [1.82, 2.24) is 10.2 Å². The molecule has 0 spiro atoms. The molecular formula is C17H21FN4O2. The molecule has 0 unspecified atom stereocenters. The van der Waals surface area contributed by atoms with Crippen molar-refractivity contribution in [1.29, 1.82) is 5.26 Å². The van der Waals surface area contributed by atoms with Crippen LogP contribution in [0.5, 0.6) is 0 Å². The Morgan fingerprint density at radius 2 is 1.96 bits per heavy atom. The first-order valence-corrected chi connectivity index (χ1v) is 7.84. The van der Waals surface area contributed by atoms with Crippen molar-refractivity contribution in [3.63, 3.8) is 0 Å². The zero-order valence-electron chi connectivity index (χ0n) is 13.9. The summed E-state index contributed by atoms with van der Waals surface area (Å²) in [5.41, 5.74) is -0.0956. The molecule has 2 amide bonds. The Morgan fingerprint density at radius 3 is 2.54 bits per heavy atom. The second-order valence-corrected chi connectivity index (χ2v) is 6.27. The molecule has 1 aliphatic carbocycles. The van der Waals surface area contributed by atoms with Gasteiger partial charge in [-0.2, -0.15) is 5.26 Å². The van der Waals surface area contributed by atoms with E-state index < -0.39 is 17.6 Å². The Bertz CT molecular complexity index is 676. The largest absolute Gasteiger partial charge is 0.346 e. The van der Waals surface area contributed by atoms with Crippen molar-refractivity contribution in [3.8, 4) is 6.07 Å². The highest BCUT2D eigenvalue weighted by atomic mass is 19.1. The van der Waals surface area contributed by atoms with Crippen LogP contribution in [0.1, 0.15) is 31.2 Å². The number of halogens is 1. The molecular weight excluding hydrogens is 311 g/mol. The third kappa shape index (κ3) is 3.89. The lowest BCUT2D eigenvalue weighted by Gasteiger charge is -2.36. The van der Waals surface area contributed by atoms with Crippen molar-refractivity contribution in [2.24, 2.45) is 0 Å². The first kappa shape index (κ1) is 17.9. The Labute approximate surface area is 140 Å². The van der Waals surface area contributed by atoms with E-state index in [9.17, 15) is 14.0 Å².